The van der Waals surface area contributed by atoms with Crippen molar-refractivity contribution in [2.75, 3.05) is 24.2 Å². The quantitative estimate of drug-likeness (QED) is 0.255. The number of benzene rings is 3. The van der Waals surface area contributed by atoms with E-state index in [0.717, 1.165) is 10.9 Å². The summed E-state index contributed by atoms with van der Waals surface area (Å²) >= 11 is 0. The van der Waals surface area contributed by atoms with Gasteiger partial charge in [0.15, 0.2) is 0 Å². The maximum absolute atomic E-state index is 13.7. The van der Waals surface area contributed by atoms with Crippen LogP contribution >= 0.6 is 0 Å². The first-order valence-electron chi connectivity index (χ1n) is 13.2. The highest BCUT2D eigenvalue weighted by Crippen LogP contribution is 2.41. The molecule has 0 unspecified atom stereocenters. The van der Waals surface area contributed by atoms with E-state index in [2.05, 4.69) is 15.4 Å². The van der Waals surface area contributed by atoms with Gasteiger partial charge in [0.1, 0.15) is 17.2 Å². The lowest BCUT2D eigenvalue weighted by molar-refractivity contribution is 0.0964. The predicted molar refractivity (Wildman–Crippen MR) is 161 cm³/mol. The van der Waals surface area contributed by atoms with Crippen LogP contribution in [0.25, 0.3) is 50.0 Å². The van der Waals surface area contributed by atoms with E-state index in [1.807, 2.05) is 30.3 Å². The van der Waals surface area contributed by atoms with Crippen molar-refractivity contribution >= 4 is 43.5 Å². The molecule has 0 saturated heterocycles. The molecule has 0 bridgehead atoms. The van der Waals surface area contributed by atoms with Gasteiger partial charge in [-0.2, -0.15) is 5.10 Å². The molecule has 11 heteroatoms. The molecule has 0 radical (unpaired) electrons. The van der Waals surface area contributed by atoms with Crippen molar-refractivity contribution < 1.29 is 22.0 Å². The Hall–Kier alpha value is -5.03. The number of nitrogens with one attached hydrogen (secondary N) is 1. The van der Waals surface area contributed by atoms with E-state index in [0.29, 0.717) is 39.0 Å². The Kier molecular flexibility index (Phi) is 6.74. The lowest BCUT2D eigenvalue weighted by atomic mass is 9.99. The zero-order valence-electron chi connectivity index (χ0n) is 23.0. The van der Waals surface area contributed by atoms with Crippen LogP contribution in [0, 0.1) is 5.82 Å². The molecular formula is C31H26FN5O4S. The molecule has 6 aromatic rings. The number of rotatable bonds is 7. The fraction of sp³-hybridized carbons (Fsp3) is 0.129. The number of halogens is 1. The molecule has 6 rings (SSSR count). The Morgan fingerprint density at radius 2 is 1.79 bits per heavy atom. The van der Waals surface area contributed by atoms with Crippen LogP contribution in [0.4, 0.5) is 10.1 Å². The minimum Gasteiger partial charge on any atom is -0.455 e. The lowest BCUT2D eigenvalue weighted by Gasteiger charge is -2.22. The highest BCUT2D eigenvalue weighted by atomic mass is 32.2. The molecule has 0 aliphatic heterocycles. The van der Waals surface area contributed by atoms with Crippen molar-refractivity contribution in [3.63, 3.8) is 0 Å². The number of carbonyl (C=O) groups excluding carboxylic acids is 1. The number of hydrogen-bond donors (Lipinski definition) is 1. The van der Waals surface area contributed by atoms with Gasteiger partial charge >= 0.3 is 0 Å². The van der Waals surface area contributed by atoms with E-state index in [9.17, 15) is 17.6 Å². The molecule has 3 aromatic heterocycles. The van der Waals surface area contributed by atoms with Gasteiger partial charge in [-0.15, -0.1) is 0 Å². The fourth-order valence-electron chi connectivity index (χ4n) is 4.99. The van der Waals surface area contributed by atoms with Crippen molar-refractivity contribution in [1.29, 1.82) is 0 Å². The highest BCUT2D eigenvalue weighted by Gasteiger charge is 2.27. The van der Waals surface area contributed by atoms with Gasteiger partial charge in [-0.1, -0.05) is 18.2 Å². The number of carbonyl (C=O) groups is 1. The summed E-state index contributed by atoms with van der Waals surface area (Å²) in [5.74, 6) is -0.717. The normalized spacial score (nSPS) is 11.7. The molecule has 0 atom stereocenters. The third-order valence-corrected chi connectivity index (χ3v) is 9.01. The summed E-state index contributed by atoms with van der Waals surface area (Å²) in [6.07, 6.45) is 5.07. The SMILES string of the molecule is CCS(=O)(=O)N(C)c1cc2oc(-c3ccc(F)cc3)c(C(=O)NC)c2cc1-c1cncc(-n2ncc3ccccc32)c1. The van der Waals surface area contributed by atoms with Gasteiger partial charge in [0.05, 0.1) is 40.6 Å². The van der Waals surface area contributed by atoms with Gasteiger partial charge in [0.25, 0.3) is 5.91 Å². The van der Waals surface area contributed by atoms with E-state index < -0.39 is 21.7 Å². The third kappa shape index (κ3) is 4.57. The van der Waals surface area contributed by atoms with E-state index in [1.165, 1.54) is 42.7 Å². The fourth-order valence-corrected chi connectivity index (χ4v) is 5.83. The molecule has 3 aromatic carbocycles. The maximum atomic E-state index is 13.7. The average molecular weight is 584 g/mol. The summed E-state index contributed by atoms with van der Waals surface area (Å²) in [6, 6.07) is 18.6. The van der Waals surface area contributed by atoms with Gasteiger partial charge in [-0.3, -0.25) is 14.1 Å². The van der Waals surface area contributed by atoms with Crippen LogP contribution in [0.1, 0.15) is 17.3 Å². The minimum absolute atomic E-state index is 0.124. The van der Waals surface area contributed by atoms with Crippen LogP contribution in [0.3, 0.4) is 0 Å². The Labute approximate surface area is 241 Å². The first kappa shape index (κ1) is 27.2. The standard InChI is InChI=1S/C31H26FN5O4S/c1-4-42(39,40)36(3)27-15-28-25(29(31(38)33-2)30(41-28)19-9-11-22(32)12-10-19)14-24(27)21-13-23(18-34-16-21)37-26-8-6-5-7-20(26)17-35-37/h5-18H,4H2,1-3H3,(H,33,38). The van der Waals surface area contributed by atoms with E-state index in [-0.39, 0.29) is 17.1 Å². The van der Waals surface area contributed by atoms with Crippen LogP contribution in [0.5, 0.6) is 0 Å². The van der Waals surface area contributed by atoms with Crippen LogP contribution in [0.15, 0.2) is 89.7 Å². The Bertz CT molecular complexity index is 2080. The molecule has 0 fully saturated rings. The van der Waals surface area contributed by atoms with Crippen molar-refractivity contribution in [3.05, 3.63) is 96.7 Å². The molecule has 42 heavy (non-hydrogen) atoms. The molecule has 1 N–H and O–H groups in total. The third-order valence-electron chi connectivity index (χ3n) is 7.24. The number of pyridine rings is 1. The Balaban J connectivity index is 1.63. The average Bonchev–Trinajstić information content (AvgIpc) is 3.62. The van der Waals surface area contributed by atoms with E-state index in [1.54, 1.807) is 42.3 Å². The molecular weight excluding hydrogens is 557 g/mol. The van der Waals surface area contributed by atoms with E-state index >= 15 is 0 Å². The predicted octanol–water partition coefficient (Wildman–Crippen LogP) is 5.79. The second kappa shape index (κ2) is 10.4. The van der Waals surface area contributed by atoms with Crippen LogP contribution < -0.4 is 9.62 Å². The number of anilines is 1. The summed E-state index contributed by atoms with van der Waals surface area (Å²) in [4.78, 5) is 17.6. The molecule has 0 aliphatic carbocycles. The maximum Gasteiger partial charge on any atom is 0.255 e. The minimum atomic E-state index is -3.68. The number of sulfonamides is 1. The molecule has 3 heterocycles. The van der Waals surface area contributed by atoms with Crippen molar-refractivity contribution in [3.8, 4) is 28.1 Å². The Morgan fingerprint density at radius 1 is 1.02 bits per heavy atom. The van der Waals surface area contributed by atoms with Crippen molar-refractivity contribution in [1.82, 2.24) is 20.1 Å². The molecule has 212 valence electrons. The summed E-state index contributed by atoms with van der Waals surface area (Å²) < 4.78 is 49.0. The van der Waals surface area contributed by atoms with Gasteiger partial charge in [0.2, 0.25) is 10.0 Å². The van der Waals surface area contributed by atoms with Gasteiger partial charge in [0, 0.05) is 53.8 Å². The summed E-state index contributed by atoms with van der Waals surface area (Å²) in [6.45, 7) is 1.57. The van der Waals surface area contributed by atoms with Crippen molar-refractivity contribution in [2.24, 2.45) is 0 Å². The molecule has 0 spiro atoms. The van der Waals surface area contributed by atoms with Crippen LogP contribution in [-0.2, 0) is 10.0 Å². The van der Waals surface area contributed by atoms with Gasteiger partial charge in [-0.05, 0) is 49.4 Å². The summed E-state index contributed by atoms with van der Waals surface area (Å²) in [5, 5.41) is 8.60. The molecule has 9 nitrogen and oxygen atoms in total. The smallest absolute Gasteiger partial charge is 0.255 e. The number of furan rings is 1. The zero-order chi connectivity index (χ0) is 29.6. The summed E-state index contributed by atoms with van der Waals surface area (Å²) in [7, 11) is -0.695. The number of amides is 1. The number of nitrogens with zero attached hydrogens (tertiary/aromatic N) is 4. The first-order chi connectivity index (χ1) is 20.2. The monoisotopic (exact) mass is 583 g/mol. The largest absolute Gasteiger partial charge is 0.455 e. The molecule has 0 saturated carbocycles. The van der Waals surface area contributed by atoms with E-state index in [4.69, 9.17) is 4.42 Å². The van der Waals surface area contributed by atoms with Gasteiger partial charge in [-0.25, -0.2) is 17.5 Å². The molecule has 1 amide bonds. The molecule has 0 aliphatic rings. The Morgan fingerprint density at radius 3 is 2.52 bits per heavy atom. The van der Waals surface area contributed by atoms with Gasteiger partial charge < -0.3 is 9.73 Å². The highest BCUT2D eigenvalue weighted by molar-refractivity contribution is 7.92. The number of aromatic nitrogens is 3. The number of hydrogen-bond acceptors (Lipinski definition) is 6. The topological polar surface area (TPSA) is 110 Å². The van der Waals surface area contributed by atoms with Crippen LogP contribution in [0.2, 0.25) is 0 Å². The zero-order valence-corrected chi connectivity index (χ0v) is 23.8. The second-order valence-electron chi connectivity index (χ2n) is 9.67. The lowest BCUT2D eigenvalue weighted by Crippen LogP contribution is -2.28. The second-order valence-corrected chi connectivity index (χ2v) is 12.0. The number of fused-ring (bicyclic) bond motifs is 2. The summed E-state index contributed by atoms with van der Waals surface area (Å²) in [5.41, 5.74) is 4.07. The number of para-hydroxylation sites is 1. The van der Waals surface area contributed by atoms with Crippen molar-refractivity contribution in [2.45, 2.75) is 6.92 Å². The van der Waals surface area contributed by atoms with Crippen LogP contribution in [-0.4, -0.2) is 48.9 Å². The first-order valence-corrected chi connectivity index (χ1v) is 14.8.